The van der Waals surface area contributed by atoms with Gasteiger partial charge in [-0.2, -0.15) is 0 Å². The SMILES string of the molecule is CC[C@@H](C(=O)NC1CCCC1)N(Cc1ccccc1)C(=O)Cc1ccccc1Cl. The average molecular weight is 413 g/mol. The Morgan fingerprint density at radius 1 is 1.07 bits per heavy atom. The third kappa shape index (κ3) is 5.83. The Balaban J connectivity index is 1.81. The molecule has 29 heavy (non-hydrogen) atoms. The van der Waals surface area contributed by atoms with Crippen molar-refractivity contribution in [1.29, 1.82) is 0 Å². The van der Waals surface area contributed by atoms with Crippen LogP contribution in [0.1, 0.15) is 50.2 Å². The molecule has 1 aliphatic carbocycles. The van der Waals surface area contributed by atoms with Crippen LogP contribution in [0.2, 0.25) is 5.02 Å². The molecule has 0 bridgehead atoms. The molecule has 2 aromatic carbocycles. The van der Waals surface area contributed by atoms with E-state index in [0.717, 1.165) is 36.8 Å². The topological polar surface area (TPSA) is 49.4 Å². The van der Waals surface area contributed by atoms with Gasteiger partial charge >= 0.3 is 0 Å². The number of hydrogen-bond acceptors (Lipinski definition) is 2. The molecule has 1 atom stereocenters. The van der Waals surface area contributed by atoms with Gasteiger partial charge in [-0.15, -0.1) is 0 Å². The minimum Gasteiger partial charge on any atom is -0.352 e. The lowest BCUT2D eigenvalue weighted by Crippen LogP contribution is -2.51. The summed E-state index contributed by atoms with van der Waals surface area (Å²) in [6.45, 7) is 2.36. The molecule has 0 aromatic heterocycles. The Morgan fingerprint density at radius 2 is 1.72 bits per heavy atom. The smallest absolute Gasteiger partial charge is 0.243 e. The van der Waals surface area contributed by atoms with Crippen LogP contribution in [0.3, 0.4) is 0 Å². The molecule has 0 unspecified atom stereocenters. The Kier molecular flexibility index (Phi) is 7.70. The van der Waals surface area contributed by atoms with E-state index in [9.17, 15) is 9.59 Å². The van der Waals surface area contributed by atoms with Crippen molar-refractivity contribution in [1.82, 2.24) is 10.2 Å². The van der Waals surface area contributed by atoms with E-state index in [1.165, 1.54) is 0 Å². The maximum atomic E-state index is 13.3. The van der Waals surface area contributed by atoms with Crippen LogP contribution in [0, 0.1) is 0 Å². The average Bonchev–Trinajstić information content (AvgIpc) is 3.23. The highest BCUT2D eigenvalue weighted by molar-refractivity contribution is 6.31. The molecule has 0 saturated heterocycles. The van der Waals surface area contributed by atoms with Crippen LogP contribution < -0.4 is 5.32 Å². The van der Waals surface area contributed by atoms with Crippen LogP contribution >= 0.6 is 11.6 Å². The summed E-state index contributed by atoms with van der Waals surface area (Å²) in [7, 11) is 0. The van der Waals surface area contributed by atoms with Gasteiger partial charge in [-0.1, -0.05) is 79.9 Å². The van der Waals surface area contributed by atoms with Crippen molar-refractivity contribution >= 4 is 23.4 Å². The van der Waals surface area contributed by atoms with Crippen molar-refractivity contribution in [3.05, 3.63) is 70.7 Å². The van der Waals surface area contributed by atoms with E-state index < -0.39 is 6.04 Å². The Bertz CT molecular complexity index is 819. The van der Waals surface area contributed by atoms with E-state index in [0.29, 0.717) is 18.0 Å². The molecule has 4 nitrogen and oxygen atoms in total. The Labute approximate surface area is 178 Å². The number of nitrogens with one attached hydrogen (secondary N) is 1. The molecule has 0 spiro atoms. The summed E-state index contributed by atoms with van der Waals surface area (Å²) < 4.78 is 0. The van der Waals surface area contributed by atoms with E-state index in [1.54, 1.807) is 11.0 Å². The zero-order chi connectivity index (χ0) is 20.6. The molecule has 5 heteroatoms. The molecule has 0 aliphatic heterocycles. The van der Waals surface area contributed by atoms with Gasteiger partial charge in [0.05, 0.1) is 6.42 Å². The second kappa shape index (κ2) is 10.4. The van der Waals surface area contributed by atoms with Crippen LogP contribution in [-0.2, 0) is 22.6 Å². The van der Waals surface area contributed by atoms with Gasteiger partial charge in [0.2, 0.25) is 11.8 Å². The predicted molar refractivity (Wildman–Crippen MR) is 117 cm³/mol. The maximum absolute atomic E-state index is 13.3. The molecule has 2 aromatic rings. The number of benzene rings is 2. The minimum atomic E-state index is -0.495. The van der Waals surface area contributed by atoms with E-state index in [1.807, 2.05) is 55.5 Å². The third-order valence-corrected chi connectivity index (χ3v) is 5.95. The lowest BCUT2D eigenvalue weighted by molar-refractivity contribution is -0.141. The Hall–Kier alpha value is -2.33. The first-order valence-corrected chi connectivity index (χ1v) is 10.8. The molecule has 0 radical (unpaired) electrons. The van der Waals surface area contributed by atoms with Gasteiger partial charge in [0.1, 0.15) is 6.04 Å². The summed E-state index contributed by atoms with van der Waals surface area (Å²) in [4.78, 5) is 28.1. The number of hydrogen-bond donors (Lipinski definition) is 1. The van der Waals surface area contributed by atoms with Crippen molar-refractivity contribution in [3.8, 4) is 0 Å². The fraction of sp³-hybridized carbons (Fsp3) is 0.417. The quantitative estimate of drug-likeness (QED) is 0.680. The van der Waals surface area contributed by atoms with Crippen LogP contribution in [0.4, 0.5) is 0 Å². The summed E-state index contributed by atoms with van der Waals surface area (Å²) in [5, 5.41) is 3.74. The van der Waals surface area contributed by atoms with Gasteiger partial charge in [0, 0.05) is 17.6 Å². The molecule has 3 rings (SSSR count). The van der Waals surface area contributed by atoms with Gasteiger partial charge in [-0.05, 0) is 36.5 Å². The standard InChI is InChI=1S/C24H29ClN2O2/c1-2-22(24(29)26-20-13-7-8-14-20)27(17-18-10-4-3-5-11-18)23(28)16-19-12-6-9-15-21(19)25/h3-6,9-12,15,20,22H,2,7-8,13-14,16-17H2,1H3,(H,26,29)/t22-/m0/s1. The number of nitrogens with zero attached hydrogens (tertiary/aromatic N) is 1. The first kappa shape index (κ1) is 21.4. The molecular formula is C24H29ClN2O2. The molecule has 1 fully saturated rings. The van der Waals surface area contributed by atoms with Crippen LogP contribution in [0.15, 0.2) is 54.6 Å². The van der Waals surface area contributed by atoms with E-state index in [-0.39, 0.29) is 24.3 Å². The summed E-state index contributed by atoms with van der Waals surface area (Å²) >= 11 is 6.27. The van der Waals surface area contributed by atoms with Crippen LogP contribution in [-0.4, -0.2) is 28.8 Å². The summed E-state index contributed by atoms with van der Waals surface area (Å²) in [6, 6.07) is 16.9. The number of halogens is 1. The molecule has 1 saturated carbocycles. The monoisotopic (exact) mass is 412 g/mol. The third-order valence-electron chi connectivity index (χ3n) is 5.58. The maximum Gasteiger partial charge on any atom is 0.243 e. The van der Waals surface area contributed by atoms with Crippen molar-refractivity contribution in [2.75, 3.05) is 0 Å². The predicted octanol–water partition coefficient (Wildman–Crippen LogP) is 4.75. The van der Waals surface area contributed by atoms with Crippen LogP contribution in [0.5, 0.6) is 0 Å². The molecule has 1 aliphatic rings. The normalized spacial score (nSPS) is 15.1. The van der Waals surface area contributed by atoms with Gasteiger partial charge in [0.25, 0.3) is 0 Å². The van der Waals surface area contributed by atoms with Crippen molar-refractivity contribution < 1.29 is 9.59 Å². The van der Waals surface area contributed by atoms with Crippen LogP contribution in [0.25, 0.3) is 0 Å². The summed E-state index contributed by atoms with van der Waals surface area (Å²) in [5.41, 5.74) is 1.79. The molecule has 2 amide bonds. The lowest BCUT2D eigenvalue weighted by Gasteiger charge is -2.31. The fourth-order valence-corrected chi connectivity index (χ4v) is 4.18. The highest BCUT2D eigenvalue weighted by Gasteiger charge is 2.30. The van der Waals surface area contributed by atoms with E-state index in [2.05, 4.69) is 5.32 Å². The van der Waals surface area contributed by atoms with Gasteiger partial charge in [0.15, 0.2) is 0 Å². The highest BCUT2D eigenvalue weighted by atomic mass is 35.5. The van der Waals surface area contributed by atoms with Gasteiger partial charge in [-0.25, -0.2) is 0 Å². The summed E-state index contributed by atoms with van der Waals surface area (Å²) in [6.07, 6.45) is 5.10. The number of carbonyl (C=O) groups is 2. The first-order valence-electron chi connectivity index (χ1n) is 10.5. The summed E-state index contributed by atoms with van der Waals surface area (Å²) in [5.74, 6) is -0.141. The lowest BCUT2D eigenvalue weighted by atomic mass is 10.1. The second-order valence-corrected chi connectivity index (χ2v) is 8.10. The largest absolute Gasteiger partial charge is 0.352 e. The number of amides is 2. The number of rotatable bonds is 8. The zero-order valence-electron chi connectivity index (χ0n) is 16.9. The highest BCUT2D eigenvalue weighted by Crippen LogP contribution is 2.21. The molecule has 1 N–H and O–H groups in total. The van der Waals surface area contributed by atoms with Crippen molar-refractivity contribution in [2.24, 2.45) is 0 Å². The second-order valence-electron chi connectivity index (χ2n) is 7.69. The van der Waals surface area contributed by atoms with Crippen molar-refractivity contribution in [3.63, 3.8) is 0 Å². The minimum absolute atomic E-state index is 0.0529. The number of carbonyl (C=O) groups excluding carboxylic acids is 2. The van der Waals surface area contributed by atoms with Gasteiger partial charge < -0.3 is 10.2 Å². The first-order chi connectivity index (χ1) is 14.1. The molecular weight excluding hydrogens is 384 g/mol. The molecule has 154 valence electrons. The van der Waals surface area contributed by atoms with Gasteiger partial charge in [-0.3, -0.25) is 9.59 Å². The van der Waals surface area contributed by atoms with E-state index >= 15 is 0 Å². The molecule has 0 heterocycles. The fourth-order valence-electron chi connectivity index (χ4n) is 3.97. The zero-order valence-corrected chi connectivity index (χ0v) is 17.7. The van der Waals surface area contributed by atoms with Crippen molar-refractivity contribution in [2.45, 2.75) is 64.1 Å². The van der Waals surface area contributed by atoms with E-state index in [4.69, 9.17) is 11.6 Å². The Morgan fingerprint density at radius 3 is 2.38 bits per heavy atom.